The maximum Gasteiger partial charge on any atom is 0.253 e. The van der Waals surface area contributed by atoms with Crippen LogP contribution in [-0.4, -0.2) is 39.0 Å². The Kier molecular flexibility index (Phi) is 7.62. The monoisotopic (exact) mass is 480 g/mol. The van der Waals surface area contributed by atoms with E-state index >= 15 is 0 Å². The van der Waals surface area contributed by atoms with Crippen LogP contribution < -0.4 is 16.4 Å². The van der Waals surface area contributed by atoms with Crippen LogP contribution in [0.5, 0.6) is 0 Å². The molecule has 4 N–H and O–H groups in total. The molecule has 0 aliphatic carbocycles. The third-order valence-corrected chi connectivity index (χ3v) is 5.20. The number of nitrogens with two attached hydrogens (primary N) is 1. The summed E-state index contributed by atoms with van der Waals surface area (Å²) in [6.07, 6.45) is 8.30. The van der Waals surface area contributed by atoms with Crippen LogP contribution in [0.2, 0.25) is 0 Å². The quantitative estimate of drug-likeness (QED) is 0.317. The Morgan fingerprint density at radius 1 is 0.972 bits per heavy atom. The molecule has 36 heavy (non-hydrogen) atoms. The first-order valence-electron chi connectivity index (χ1n) is 11.2. The highest BCUT2D eigenvalue weighted by Gasteiger charge is 2.14. The smallest absolute Gasteiger partial charge is 0.253 e. The number of hydrogen-bond donors (Lipinski definition) is 3. The second-order valence-electron chi connectivity index (χ2n) is 7.80. The van der Waals surface area contributed by atoms with E-state index in [2.05, 4.69) is 15.6 Å². The van der Waals surface area contributed by atoms with E-state index < -0.39 is 17.7 Å². The average Bonchev–Trinajstić information content (AvgIpc) is 3.33. The Balaban J connectivity index is 1.54. The van der Waals surface area contributed by atoms with Crippen molar-refractivity contribution >= 4 is 29.5 Å². The molecule has 9 heteroatoms. The van der Waals surface area contributed by atoms with E-state index in [1.807, 2.05) is 48.7 Å². The summed E-state index contributed by atoms with van der Waals surface area (Å²) in [6.45, 7) is 0.110. The van der Waals surface area contributed by atoms with Crippen molar-refractivity contribution in [1.29, 1.82) is 0 Å². The summed E-state index contributed by atoms with van der Waals surface area (Å²) in [5, 5.41) is 10.1. The Morgan fingerprint density at radius 3 is 2.50 bits per heavy atom. The Morgan fingerprint density at radius 2 is 1.75 bits per heavy atom. The van der Waals surface area contributed by atoms with Gasteiger partial charge in [-0.2, -0.15) is 5.10 Å². The molecule has 4 aromatic rings. The van der Waals surface area contributed by atoms with Crippen molar-refractivity contribution in [2.75, 3.05) is 11.9 Å². The zero-order chi connectivity index (χ0) is 25.3. The van der Waals surface area contributed by atoms with Gasteiger partial charge in [-0.3, -0.25) is 19.4 Å². The van der Waals surface area contributed by atoms with Crippen molar-refractivity contribution in [2.45, 2.75) is 6.42 Å². The molecule has 3 amide bonds. The highest BCUT2D eigenvalue weighted by Crippen LogP contribution is 2.24. The molecule has 0 bridgehead atoms. The van der Waals surface area contributed by atoms with Crippen LogP contribution in [0.4, 0.5) is 5.69 Å². The molecule has 9 nitrogen and oxygen atoms in total. The van der Waals surface area contributed by atoms with Crippen LogP contribution in [0.1, 0.15) is 22.3 Å². The van der Waals surface area contributed by atoms with Crippen molar-refractivity contribution in [2.24, 2.45) is 5.73 Å². The minimum Gasteiger partial charge on any atom is -0.370 e. The number of carbonyl (C=O) groups is 3. The minimum absolute atomic E-state index is 0.0267. The largest absolute Gasteiger partial charge is 0.370 e. The van der Waals surface area contributed by atoms with Gasteiger partial charge in [0.05, 0.1) is 16.9 Å². The standard InChI is InChI=1S/C27H24N6O3/c28-24(34)14-16-30-27(36)22-10-4-5-11-23(22)31-25(35)13-12-20-18-33(21-8-2-1-3-9-21)32-26(20)19-7-6-15-29-17-19/h1-13,15,17-18H,14,16H2,(H2,28,34)(H,30,36)(H,31,35)/b13-12+. The van der Waals surface area contributed by atoms with Gasteiger partial charge in [0.1, 0.15) is 5.69 Å². The number of primary amides is 1. The van der Waals surface area contributed by atoms with E-state index in [1.54, 1.807) is 47.4 Å². The lowest BCUT2D eigenvalue weighted by Gasteiger charge is -2.10. The predicted molar refractivity (Wildman–Crippen MR) is 137 cm³/mol. The molecular weight excluding hydrogens is 456 g/mol. The maximum absolute atomic E-state index is 12.8. The van der Waals surface area contributed by atoms with E-state index in [9.17, 15) is 14.4 Å². The van der Waals surface area contributed by atoms with Gasteiger partial charge in [0.2, 0.25) is 11.8 Å². The van der Waals surface area contributed by atoms with Crippen LogP contribution in [0.15, 0.2) is 91.4 Å². The number of benzene rings is 2. The predicted octanol–water partition coefficient (Wildman–Crippen LogP) is 3.19. The van der Waals surface area contributed by atoms with Gasteiger partial charge < -0.3 is 16.4 Å². The summed E-state index contributed by atoms with van der Waals surface area (Å²) in [4.78, 5) is 40.3. The summed E-state index contributed by atoms with van der Waals surface area (Å²) >= 11 is 0. The van der Waals surface area contributed by atoms with Crippen LogP contribution >= 0.6 is 0 Å². The van der Waals surface area contributed by atoms with E-state index in [1.165, 1.54) is 6.08 Å². The van der Waals surface area contributed by atoms with Gasteiger partial charge in [-0.05, 0) is 42.5 Å². The Bertz CT molecular complexity index is 1400. The van der Waals surface area contributed by atoms with E-state index in [0.29, 0.717) is 11.4 Å². The molecule has 0 radical (unpaired) electrons. The molecule has 4 rings (SSSR count). The molecular formula is C27H24N6O3. The van der Waals surface area contributed by atoms with Crippen molar-refractivity contribution in [3.05, 3.63) is 103 Å². The lowest BCUT2D eigenvalue weighted by Crippen LogP contribution is -2.28. The molecule has 0 aliphatic rings. The summed E-state index contributed by atoms with van der Waals surface area (Å²) in [6, 6.07) is 20.0. The summed E-state index contributed by atoms with van der Waals surface area (Å²) in [5.74, 6) is -1.35. The number of nitrogens with zero attached hydrogens (tertiary/aromatic N) is 3. The average molecular weight is 481 g/mol. The number of para-hydroxylation sites is 2. The number of carbonyl (C=O) groups excluding carboxylic acids is 3. The second-order valence-corrected chi connectivity index (χ2v) is 7.80. The normalized spacial score (nSPS) is 10.8. The molecule has 0 spiro atoms. The first-order chi connectivity index (χ1) is 17.5. The van der Waals surface area contributed by atoms with Crippen molar-refractivity contribution in [1.82, 2.24) is 20.1 Å². The summed E-state index contributed by atoms with van der Waals surface area (Å²) in [5.41, 5.74) is 8.81. The van der Waals surface area contributed by atoms with Crippen LogP contribution in [0.3, 0.4) is 0 Å². The summed E-state index contributed by atoms with van der Waals surface area (Å²) < 4.78 is 1.74. The molecule has 2 heterocycles. The number of aromatic nitrogens is 3. The van der Waals surface area contributed by atoms with Gasteiger partial charge >= 0.3 is 0 Å². The molecule has 0 fully saturated rings. The zero-order valence-electron chi connectivity index (χ0n) is 19.3. The molecule has 2 aromatic heterocycles. The van der Waals surface area contributed by atoms with Crippen molar-refractivity contribution in [3.63, 3.8) is 0 Å². The topological polar surface area (TPSA) is 132 Å². The first-order valence-corrected chi connectivity index (χ1v) is 11.2. The number of hydrogen-bond acceptors (Lipinski definition) is 5. The zero-order valence-corrected chi connectivity index (χ0v) is 19.3. The Labute approximate surface area is 207 Å². The fraction of sp³-hybridized carbons (Fsp3) is 0.0741. The number of anilines is 1. The number of amides is 3. The SMILES string of the molecule is NC(=O)CCNC(=O)c1ccccc1NC(=O)/C=C/c1cn(-c2ccccc2)nc1-c1cccnc1. The minimum atomic E-state index is -0.511. The van der Waals surface area contributed by atoms with E-state index in [0.717, 1.165) is 16.8 Å². The van der Waals surface area contributed by atoms with Gasteiger partial charge in [-0.25, -0.2) is 4.68 Å². The maximum atomic E-state index is 12.8. The van der Waals surface area contributed by atoms with Crippen molar-refractivity contribution in [3.8, 4) is 16.9 Å². The molecule has 180 valence electrons. The van der Waals surface area contributed by atoms with Gasteiger partial charge in [0.25, 0.3) is 5.91 Å². The van der Waals surface area contributed by atoms with Gasteiger partial charge in [-0.15, -0.1) is 0 Å². The fourth-order valence-electron chi connectivity index (χ4n) is 3.47. The van der Waals surface area contributed by atoms with E-state index in [-0.39, 0.29) is 18.5 Å². The second kappa shape index (κ2) is 11.4. The molecule has 0 unspecified atom stereocenters. The lowest BCUT2D eigenvalue weighted by molar-refractivity contribution is -0.118. The van der Waals surface area contributed by atoms with Gasteiger partial charge in [0, 0.05) is 48.8 Å². The lowest BCUT2D eigenvalue weighted by atomic mass is 10.1. The third-order valence-electron chi connectivity index (χ3n) is 5.20. The van der Waals surface area contributed by atoms with Gasteiger partial charge in [0.15, 0.2) is 0 Å². The molecule has 0 atom stereocenters. The highest BCUT2D eigenvalue weighted by atomic mass is 16.2. The summed E-state index contributed by atoms with van der Waals surface area (Å²) in [7, 11) is 0. The van der Waals surface area contributed by atoms with Crippen LogP contribution in [0.25, 0.3) is 23.0 Å². The Hall–Kier alpha value is -5.05. The van der Waals surface area contributed by atoms with Crippen LogP contribution in [0, 0.1) is 0 Å². The van der Waals surface area contributed by atoms with Gasteiger partial charge in [-0.1, -0.05) is 30.3 Å². The number of rotatable bonds is 9. The highest BCUT2D eigenvalue weighted by molar-refractivity contribution is 6.07. The van der Waals surface area contributed by atoms with Crippen LogP contribution in [-0.2, 0) is 9.59 Å². The molecule has 0 saturated heterocycles. The third kappa shape index (κ3) is 6.09. The van der Waals surface area contributed by atoms with Crippen molar-refractivity contribution < 1.29 is 14.4 Å². The number of nitrogens with one attached hydrogen (secondary N) is 2. The number of pyridine rings is 1. The van der Waals surface area contributed by atoms with E-state index in [4.69, 9.17) is 10.8 Å². The fourth-order valence-corrected chi connectivity index (χ4v) is 3.47. The molecule has 0 saturated carbocycles. The molecule has 0 aliphatic heterocycles. The molecule has 2 aromatic carbocycles. The first kappa shape index (κ1) is 24.1.